The summed E-state index contributed by atoms with van der Waals surface area (Å²) in [7, 11) is -2.57. The van der Waals surface area contributed by atoms with E-state index in [9.17, 15) is 17.2 Å². The Hall–Kier alpha value is -2.85. The molecule has 10 heteroatoms. The number of benzene rings is 2. The van der Waals surface area contributed by atoms with Crippen LogP contribution in [0.5, 0.6) is 5.75 Å². The van der Waals surface area contributed by atoms with Crippen LogP contribution in [0.15, 0.2) is 47.5 Å². The van der Waals surface area contributed by atoms with Gasteiger partial charge in [-0.3, -0.25) is 0 Å². The topological polar surface area (TPSA) is 77.3 Å². The van der Waals surface area contributed by atoms with Crippen LogP contribution >= 0.6 is 0 Å². The van der Waals surface area contributed by atoms with Crippen molar-refractivity contribution in [1.82, 2.24) is 19.3 Å². The fourth-order valence-electron chi connectivity index (χ4n) is 3.18. The van der Waals surface area contributed by atoms with Crippen LogP contribution < -0.4 is 4.74 Å². The number of halogens is 2. The first-order chi connectivity index (χ1) is 13.5. The number of alkyl halides is 1. The van der Waals surface area contributed by atoms with Crippen molar-refractivity contribution in [1.29, 1.82) is 0 Å². The molecule has 3 aromatic rings. The van der Waals surface area contributed by atoms with Crippen molar-refractivity contribution in [3.8, 4) is 22.6 Å². The van der Waals surface area contributed by atoms with E-state index in [1.165, 1.54) is 48.3 Å². The average Bonchev–Trinajstić information content (AvgIpc) is 3.13. The van der Waals surface area contributed by atoms with Crippen molar-refractivity contribution in [2.75, 3.05) is 20.3 Å². The Kier molecular flexibility index (Phi) is 4.60. The first-order valence-corrected chi connectivity index (χ1v) is 9.83. The van der Waals surface area contributed by atoms with Crippen molar-refractivity contribution in [3.63, 3.8) is 0 Å². The fraction of sp³-hybridized carbons (Fsp3) is 0.222. The number of hydrogen-bond acceptors (Lipinski definition) is 5. The molecule has 0 amide bonds. The second-order valence-corrected chi connectivity index (χ2v) is 8.10. The molecule has 1 aliphatic rings. The Labute approximate surface area is 160 Å². The Morgan fingerprint density at radius 2 is 2.04 bits per heavy atom. The monoisotopic (exact) mass is 406 g/mol. The third-order valence-corrected chi connectivity index (χ3v) is 6.46. The highest BCUT2D eigenvalue weighted by Gasteiger charge is 2.33. The first kappa shape index (κ1) is 18.5. The van der Waals surface area contributed by atoms with Crippen LogP contribution in [0.3, 0.4) is 0 Å². The summed E-state index contributed by atoms with van der Waals surface area (Å²) < 4.78 is 61.3. The van der Waals surface area contributed by atoms with Gasteiger partial charge in [0, 0.05) is 12.1 Å². The minimum absolute atomic E-state index is 0.0587. The number of methoxy groups -OCH3 is 1. The van der Waals surface area contributed by atoms with E-state index in [1.807, 2.05) is 0 Å². The van der Waals surface area contributed by atoms with Crippen LogP contribution in [-0.2, 0) is 16.6 Å². The third kappa shape index (κ3) is 2.94. The fourth-order valence-corrected chi connectivity index (χ4v) is 4.77. The van der Waals surface area contributed by atoms with Gasteiger partial charge in [-0.2, -0.15) is 4.31 Å². The largest absolute Gasteiger partial charge is 0.497 e. The second kappa shape index (κ2) is 6.95. The van der Waals surface area contributed by atoms with Crippen molar-refractivity contribution in [2.45, 2.75) is 11.4 Å². The summed E-state index contributed by atoms with van der Waals surface area (Å²) in [6, 6.07) is 8.72. The molecule has 7 nitrogen and oxygen atoms in total. The van der Waals surface area contributed by atoms with Crippen LogP contribution in [0.2, 0.25) is 0 Å². The minimum Gasteiger partial charge on any atom is -0.497 e. The Balaban J connectivity index is 1.95. The molecule has 0 atom stereocenters. The van der Waals surface area contributed by atoms with E-state index >= 15 is 0 Å². The molecule has 0 unspecified atom stereocenters. The SMILES string of the molecule is COc1ccc(F)c(-c2ccc3c(c2)S(=O)(=O)N(CCF)Cc2cnnn2-3)c1. The number of nitrogens with zero attached hydrogens (tertiary/aromatic N) is 4. The van der Waals surface area contributed by atoms with Crippen LogP contribution in [-0.4, -0.2) is 48.0 Å². The molecular formula is C18H16F2N4O3S. The molecule has 1 aromatic heterocycles. The van der Waals surface area contributed by atoms with Crippen LogP contribution in [0, 0.1) is 5.82 Å². The van der Waals surface area contributed by atoms with Crippen LogP contribution in [0.4, 0.5) is 8.78 Å². The van der Waals surface area contributed by atoms with Gasteiger partial charge in [0.25, 0.3) is 0 Å². The van der Waals surface area contributed by atoms with E-state index in [4.69, 9.17) is 4.74 Å². The van der Waals surface area contributed by atoms with E-state index < -0.39 is 22.5 Å². The Morgan fingerprint density at radius 1 is 1.21 bits per heavy atom. The smallest absolute Gasteiger partial charge is 0.245 e. The first-order valence-electron chi connectivity index (χ1n) is 8.39. The lowest BCUT2D eigenvalue weighted by Gasteiger charge is -2.18. The summed E-state index contributed by atoms with van der Waals surface area (Å²) in [4.78, 5) is -0.0927. The molecule has 4 rings (SSSR count). The second-order valence-electron chi connectivity index (χ2n) is 6.19. The van der Waals surface area contributed by atoms with Crippen molar-refractivity contribution < 1.29 is 21.9 Å². The molecule has 0 aliphatic carbocycles. The Bertz CT molecular complexity index is 1150. The maximum atomic E-state index is 14.4. The molecule has 0 radical (unpaired) electrons. The summed E-state index contributed by atoms with van der Waals surface area (Å²) in [5, 5.41) is 7.78. The summed E-state index contributed by atoms with van der Waals surface area (Å²) in [6.45, 7) is -1.19. The number of rotatable bonds is 4. The van der Waals surface area contributed by atoms with Gasteiger partial charge in [-0.25, -0.2) is 21.9 Å². The lowest BCUT2D eigenvalue weighted by molar-refractivity contribution is 0.350. The quantitative estimate of drug-likeness (QED) is 0.666. The zero-order chi connectivity index (χ0) is 19.9. The van der Waals surface area contributed by atoms with Gasteiger partial charge in [-0.1, -0.05) is 11.3 Å². The van der Waals surface area contributed by atoms with E-state index in [2.05, 4.69) is 10.3 Å². The zero-order valence-electron chi connectivity index (χ0n) is 14.8. The summed E-state index contributed by atoms with van der Waals surface area (Å²) >= 11 is 0. The highest BCUT2D eigenvalue weighted by Crippen LogP contribution is 2.34. The van der Waals surface area contributed by atoms with Gasteiger partial charge in [-0.05, 0) is 35.9 Å². The number of aromatic nitrogens is 3. The maximum Gasteiger partial charge on any atom is 0.245 e. The molecule has 0 saturated carbocycles. The lowest BCUT2D eigenvalue weighted by atomic mass is 10.0. The minimum atomic E-state index is -4.03. The molecular weight excluding hydrogens is 390 g/mol. The molecule has 0 saturated heterocycles. The van der Waals surface area contributed by atoms with E-state index in [0.29, 0.717) is 17.0 Å². The van der Waals surface area contributed by atoms with E-state index in [1.54, 1.807) is 6.07 Å². The predicted octanol–water partition coefficient (Wildman–Crippen LogP) is 2.56. The average molecular weight is 406 g/mol. The highest BCUT2D eigenvalue weighted by atomic mass is 32.2. The van der Waals surface area contributed by atoms with Gasteiger partial charge in [0.05, 0.1) is 31.2 Å². The molecule has 28 heavy (non-hydrogen) atoms. The Morgan fingerprint density at radius 3 is 2.79 bits per heavy atom. The van der Waals surface area contributed by atoms with Gasteiger partial charge >= 0.3 is 0 Å². The molecule has 0 bridgehead atoms. The maximum absolute atomic E-state index is 14.4. The highest BCUT2D eigenvalue weighted by molar-refractivity contribution is 7.89. The molecule has 1 aliphatic heterocycles. The standard InChI is InChI=1S/C18H16F2N4O3S/c1-27-14-3-4-16(20)15(9-14)12-2-5-17-18(8-12)28(25,26)23(7-6-19)11-13-10-21-22-24(13)17/h2-5,8-10H,6-7,11H2,1H3. The zero-order valence-corrected chi connectivity index (χ0v) is 15.7. The molecule has 2 aromatic carbocycles. The van der Waals surface area contributed by atoms with Gasteiger partial charge in [0.1, 0.15) is 23.1 Å². The number of ether oxygens (including phenoxy) is 1. The summed E-state index contributed by atoms with van der Waals surface area (Å²) in [5.74, 6) is -0.0827. The van der Waals surface area contributed by atoms with Gasteiger partial charge in [0.15, 0.2) is 0 Å². The number of fused-ring (bicyclic) bond motifs is 3. The normalized spacial score (nSPS) is 15.5. The number of sulfonamides is 1. The summed E-state index contributed by atoms with van der Waals surface area (Å²) in [6.07, 6.45) is 1.44. The van der Waals surface area contributed by atoms with Crippen molar-refractivity contribution in [3.05, 3.63) is 54.1 Å². The van der Waals surface area contributed by atoms with E-state index in [0.717, 1.165) is 4.31 Å². The van der Waals surface area contributed by atoms with Gasteiger partial charge in [-0.15, -0.1) is 5.10 Å². The molecule has 0 spiro atoms. The van der Waals surface area contributed by atoms with Crippen LogP contribution in [0.1, 0.15) is 5.69 Å². The van der Waals surface area contributed by atoms with Crippen molar-refractivity contribution in [2.24, 2.45) is 0 Å². The molecule has 0 N–H and O–H groups in total. The van der Waals surface area contributed by atoms with Gasteiger partial charge in [0.2, 0.25) is 10.0 Å². The summed E-state index contributed by atoms with van der Waals surface area (Å²) in [5.41, 5.74) is 1.33. The van der Waals surface area contributed by atoms with Crippen molar-refractivity contribution >= 4 is 10.0 Å². The predicted molar refractivity (Wildman–Crippen MR) is 96.9 cm³/mol. The van der Waals surface area contributed by atoms with Gasteiger partial charge < -0.3 is 4.74 Å². The van der Waals surface area contributed by atoms with E-state index in [-0.39, 0.29) is 29.2 Å². The lowest BCUT2D eigenvalue weighted by Crippen LogP contribution is -2.31. The number of hydrogen-bond donors (Lipinski definition) is 0. The van der Waals surface area contributed by atoms with Crippen LogP contribution in [0.25, 0.3) is 16.8 Å². The molecule has 2 heterocycles. The third-order valence-electron chi connectivity index (χ3n) is 4.58. The molecule has 0 fully saturated rings. The molecule has 146 valence electrons.